The van der Waals surface area contributed by atoms with Crippen LogP contribution in [-0.2, 0) is 5.60 Å². The number of benzene rings is 1. The molecular weight excluding hydrogens is 200 g/mol. The quantitative estimate of drug-likeness (QED) is 0.848. The summed E-state index contributed by atoms with van der Waals surface area (Å²) in [4.78, 5) is 0. The van der Waals surface area contributed by atoms with Gasteiger partial charge in [-0.05, 0) is 31.7 Å². The minimum atomic E-state index is -0.761. The molecule has 2 nitrogen and oxygen atoms in total. The summed E-state index contributed by atoms with van der Waals surface area (Å²) in [6.07, 6.45) is 4.70. The molecule has 0 bridgehead atoms. The normalized spacial score (nSPS) is 20.7. The van der Waals surface area contributed by atoms with E-state index in [0.717, 1.165) is 24.2 Å². The average Bonchev–Trinajstić information content (AvgIpc) is 2.83. The molecule has 0 heterocycles. The van der Waals surface area contributed by atoms with Crippen molar-refractivity contribution in [1.82, 2.24) is 0 Å². The van der Waals surface area contributed by atoms with Crippen LogP contribution in [-0.4, -0.2) is 12.2 Å². The monoisotopic (exact) mass is 220 g/mol. The van der Waals surface area contributed by atoms with Crippen molar-refractivity contribution in [3.05, 3.63) is 29.8 Å². The molecule has 1 saturated carbocycles. The van der Waals surface area contributed by atoms with Gasteiger partial charge in [0.15, 0.2) is 0 Å². The summed E-state index contributed by atoms with van der Waals surface area (Å²) in [5.74, 6) is 1.16. The zero-order chi connectivity index (χ0) is 11.6. The Morgan fingerprint density at radius 3 is 2.50 bits per heavy atom. The zero-order valence-electron chi connectivity index (χ0n) is 10.1. The SMILES string of the molecule is COc1ccccc1C(C)(O)C1CCCC1. The lowest BCUT2D eigenvalue weighted by Gasteiger charge is -2.31. The summed E-state index contributed by atoms with van der Waals surface area (Å²) in [6.45, 7) is 1.92. The van der Waals surface area contributed by atoms with Crippen molar-refractivity contribution in [3.8, 4) is 5.75 Å². The van der Waals surface area contributed by atoms with Crippen LogP contribution in [0, 0.1) is 5.92 Å². The molecule has 2 rings (SSSR count). The van der Waals surface area contributed by atoms with Crippen molar-refractivity contribution in [2.45, 2.75) is 38.2 Å². The zero-order valence-corrected chi connectivity index (χ0v) is 10.1. The predicted molar refractivity (Wildman–Crippen MR) is 64.5 cm³/mol. The highest BCUT2D eigenvalue weighted by molar-refractivity contribution is 5.38. The van der Waals surface area contributed by atoms with Gasteiger partial charge in [-0.25, -0.2) is 0 Å². The molecule has 1 aliphatic carbocycles. The van der Waals surface area contributed by atoms with Gasteiger partial charge in [-0.2, -0.15) is 0 Å². The van der Waals surface area contributed by atoms with E-state index >= 15 is 0 Å². The predicted octanol–water partition coefficient (Wildman–Crippen LogP) is 3.09. The molecular formula is C14H20O2. The number of ether oxygens (including phenoxy) is 1. The Hall–Kier alpha value is -1.02. The molecule has 0 spiro atoms. The van der Waals surface area contributed by atoms with E-state index in [1.807, 2.05) is 31.2 Å². The van der Waals surface area contributed by atoms with Crippen molar-refractivity contribution in [2.75, 3.05) is 7.11 Å². The van der Waals surface area contributed by atoms with Gasteiger partial charge in [0, 0.05) is 5.56 Å². The summed E-state index contributed by atoms with van der Waals surface area (Å²) in [6, 6.07) is 7.78. The van der Waals surface area contributed by atoms with Gasteiger partial charge >= 0.3 is 0 Å². The van der Waals surface area contributed by atoms with Crippen molar-refractivity contribution >= 4 is 0 Å². The maximum Gasteiger partial charge on any atom is 0.124 e. The first-order valence-electron chi connectivity index (χ1n) is 6.02. The third kappa shape index (κ3) is 1.94. The number of para-hydroxylation sites is 1. The molecule has 0 amide bonds. The summed E-state index contributed by atoms with van der Waals surface area (Å²) in [7, 11) is 1.66. The second-order valence-electron chi connectivity index (χ2n) is 4.83. The summed E-state index contributed by atoms with van der Waals surface area (Å²) in [5, 5.41) is 10.7. The highest BCUT2D eigenvalue weighted by Gasteiger charge is 2.37. The molecule has 2 heteroatoms. The Balaban J connectivity index is 2.33. The van der Waals surface area contributed by atoms with E-state index in [2.05, 4.69) is 0 Å². The molecule has 1 N–H and O–H groups in total. The smallest absolute Gasteiger partial charge is 0.124 e. The molecule has 1 aromatic carbocycles. The summed E-state index contributed by atoms with van der Waals surface area (Å²) in [5.41, 5.74) is 0.160. The molecule has 1 fully saturated rings. The van der Waals surface area contributed by atoms with Crippen LogP contribution < -0.4 is 4.74 Å². The van der Waals surface area contributed by atoms with Crippen molar-refractivity contribution < 1.29 is 9.84 Å². The number of hydrogen-bond acceptors (Lipinski definition) is 2. The topological polar surface area (TPSA) is 29.5 Å². The minimum absolute atomic E-state index is 0.365. The Labute approximate surface area is 97.3 Å². The van der Waals surface area contributed by atoms with E-state index in [9.17, 15) is 5.11 Å². The van der Waals surface area contributed by atoms with Crippen molar-refractivity contribution in [2.24, 2.45) is 5.92 Å². The first-order valence-corrected chi connectivity index (χ1v) is 6.02. The Bertz CT molecular complexity index is 352. The van der Waals surface area contributed by atoms with E-state index in [1.54, 1.807) is 7.11 Å². The van der Waals surface area contributed by atoms with Crippen LogP contribution in [0.3, 0.4) is 0 Å². The van der Waals surface area contributed by atoms with E-state index in [-0.39, 0.29) is 0 Å². The van der Waals surface area contributed by atoms with Crippen LogP contribution in [0.1, 0.15) is 38.2 Å². The molecule has 0 aliphatic heterocycles. The highest BCUT2D eigenvalue weighted by Crippen LogP contribution is 2.43. The standard InChI is InChI=1S/C14H20O2/c1-14(15,11-7-3-4-8-11)12-9-5-6-10-13(12)16-2/h5-6,9-11,15H,3-4,7-8H2,1-2H3. The van der Waals surface area contributed by atoms with Gasteiger partial charge < -0.3 is 9.84 Å². The lowest BCUT2D eigenvalue weighted by molar-refractivity contribution is -0.00525. The molecule has 1 aromatic rings. The van der Waals surface area contributed by atoms with Crippen LogP contribution in [0.4, 0.5) is 0 Å². The molecule has 88 valence electrons. The summed E-state index contributed by atoms with van der Waals surface area (Å²) >= 11 is 0. The Morgan fingerprint density at radius 1 is 1.25 bits per heavy atom. The van der Waals surface area contributed by atoms with Gasteiger partial charge in [0.1, 0.15) is 5.75 Å². The first-order chi connectivity index (χ1) is 7.66. The fourth-order valence-electron chi connectivity index (χ4n) is 2.77. The van der Waals surface area contributed by atoms with Crippen molar-refractivity contribution in [3.63, 3.8) is 0 Å². The van der Waals surface area contributed by atoms with E-state index in [4.69, 9.17) is 4.74 Å². The largest absolute Gasteiger partial charge is 0.496 e. The van der Waals surface area contributed by atoms with Gasteiger partial charge in [0.25, 0.3) is 0 Å². The van der Waals surface area contributed by atoms with Gasteiger partial charge in [-0.3, -0.25) is 0 Å². The van der Waals surface area contributed by atoms with E-state index < -0.39 is 5.60 Å². The maximum atomic E-state index is 10.7. The average molecular weight is 220 g/mol. The fraction of sp³-hybridized carbons (Fsp3) is 0.571. The van der Waals surface area contributed by atoms with Crippen LogP contribution >= 0.6 is 0 Å². The number of rotatable bonds is 3. The van der Waals surface area contributed by atoms with Crippen LogP contribution in [0.5, 0.6) is 5.75 Å². The Kier molecular flexibility index (Phi) is 3.20. The Morgan fingerprint density at radius 2 is 1.88 bits per heavy atom. The van der Waals surface area contributed by atoms with Crippen LogP contribution in [0.2, 0.25) is 0 Å². The van der Waals surface area contributed by atoms with E-state index in [1.165, 1.54) is 12.8 Å². The van der Waals surface area contributed by atoms with Crippen LogP contribution in [0.15, 0.2) is 24.3 Å². The lowest BCUT2D eigenvalue weighted by atomic mass is 9.81. The van der Waals surface area contributed by atoms with E-state index in [0.29, 0.717) is 5.92 Å². The molecule has 0 aromatic heterocycles. The first kappa shape index (κ1) is 11.5. The summed E-state index contributed by atoms with van der Waals surface area (Å²) < 4.78 is 5.33. The lowest BCUT2D eigenvalue weighted by Crippen LogP contribution is -2.30. The third-order valence-corrected chi connectivity index (χ3v) is 3.80. The highest BCUT2D eigenvalue weighted by atomic mass is 16.5. The second kappa shape index (κ2) is 4.46. The van der Waals surface area contributed by atoms with Gasteiger partial charge in [-0.1, -0.05) is 31.0 Å². The molecule has 1 aliphatic rings. The maximum absolute atomic E-state index is 10.7. The van der Waals surface area contributed by atoms with Gasteiger partial charge in [-0.15, -0.1) is 0 Å². The minimum Gasteiger partial charge on any atom is -0.496 e. The molecule has 1 atom stereocenters. The fourth-order valence-corrected chi connectivity index (χ4v) is 2.77. The molecule has 0 radical (unpaired) electrons. The van der Waals surface area contributed by atoms with Crippen molar-refractivity contribution in [1.29, 1.82) is 0 Å². The molecule has 16 heavy (non-hydrogen) atoms. The van der Waals surface area contributed by atoms with Crippen LogP contribution in [0.25, 0.3) is 0 Å². The number of methoxy groups -OCH3 is 1. The van der Waals surface area contributed by atoms with Gasteiger partial charge in [0.05, 0.1) is 12.7 Å². The second-order valence-corrected chi connectivity index (χ2v) is 4.83. The molecule has 1 unspecified atom stereocenters. The molecule has 0 saturated heterocycles. The third-order valence-electron chi connectivity index (χ3n) is 3.80. The van der Waals surface area contributed by atoms with Gasteiger partial charge in [0.2, 0.25) is 0 Å². The number of aliphatic hydroxyl groups is 1. The number of hydrogen-bond donors (Lipinski definition) is 1.